The van der Waals surface area contributed by atoms with Gasteiger partial charge in [-0.15, -0.1) is 0 Å². The number of benzene rings is 2. The van der Waals surface area contributed by atoms with Gasteiger partial charge in [0.25, 0.3) is 0 Å². The quantitative estimate of drug-likeness (QED) is 0.338. The van der Waals surface area contributed by atoms with Gasteiger partial charge in [0.05, 0.1) is 17.0 Å². The molecular formula is C25H22FN3O5S. The lowest BCUT2D eigenvalue weighted by atomic mass is 10.00. The van der Waals surface area contributed by atoms with E-state index in [0.29, 0.717) is 35.4 Å². The van der Waals surface area contributed by atoms with Gasteiger partial charge in [-0.3, -0.25) is 9.52 Å². The van der Waals surface area contributed by atoms with Crippen molar-refractivity contribution >= 4 is 32.5 Å². The molecule has 0 unspecified atom stereocenters. The third-order valence-corrected chi connectivity index (χ3v) is 7.11. The molecule has 0 radical (unpaired) electrons. The second-order valence-corrected chi connectivity index (χ2v) is 10.0. The summed E-state index contributed by atoms with van der Waals surface area (Å²) in [5.41, 5.74) is 1.75. The Balaban J connectivity index is 1.49. The first-order valence-corrected chi connectivity index (χ1v) is 12.7. The molecule has 4 aromatic rings. The average molecular weight is 496 g/mol. The van der Waals surface area contributed by atoms with Crippen LogP contribution in [0.4, 0.5) is 10.1 Å². The Kier molecular flexibility index (Phi) is 5.89. The number of unbranched alkanes of at least 4 members (excludes halogenated alkanes) is 1. The number of aromatic nitrogens is 2. The summed E-state index contributed by atoms with van der Waals surface area (Å²) < 4.78 is 52.8. The molecule has 2 aromatic heterocycles. The van der Waals surface area contributed by atoms with Crippen LogP contribution in [-0.4, -0.2) is 36.7 Å². The number of sulfonamides is 1. The number of nitrogens with one attached hydrogen (secondary N) is 2. The number of halogens is 1. The molecule has 10 heteroatoms. The minimum atomic E-state index is -3.73. The van der Waals surface area contributed by atoms with Crippen LogP contribution in [0.5, 0.6) is 11.5 Å². The monoisotopic (exact) mass is 495 g/mol. The van der Waals surface area contributed by atoms with E-state index < -0.39 is 21.6 Å². The van der Waals surface area contributed by atoms with Crippen LogP contribution in [0.25, 0.3) is 22.2 Å². The van der Waals surface area contributed by atoms with Gasteiger partial charge in [-0.1, -0.05) is 25.5 Å². The molecule has 0 saturated heterocycles. The van der Waals surface area contributed by atoms with Gasteiger partial charge in [0.15, 0.2) is 23.1 Å². The number of ether oxygens (including phenoxy) is 2. The van der Waals surface area contributed by atoms with Crippen LogP contribution >= 0.6 is 0 Å². The molecule has 2 N–H and O–H groups in total. The second kappa shape index (κ2) is 9.03. The highest BCUT2D eigenvalue weighted by atomic mass is 32.2. The molecule has 0 saturated carbocycles. The van der Waals surface area contributed by atoms with Gasteiger partial charge in [0.1, 0.15) is 5.65 Å². The van der Waals surface area contributed by atoms with Crippen molar-refractivity contribution in [2.45, 2.75) is 19.8 Å². The fourth-order valence-electron chi connectivity index (χ4n) is 3.91. The summed E-state index contributed by atoms with van der Waals surface area (Å²) in [5, 5.41) is 0.512. The molecular weight excluding hydrogens is 473 g/mol. The summed E-state index contributed by atoms with van der Waals surface area (Å²) >= 11 is 0. The van der Waals surface area contributed by atoms with Crippen molar-refractivity contribution in [2.75, 3.05) is 17.3 Å². The van der Waals surface area contributed by atoms with Crippen LogP contribution < -0.4 is 14.2 Å². The third-order valence-electron chi connectivity index (χ3n) is 5.76. The highest BCUT2D eigenvalue weighted by Gasteiger charge is 2.22. The van der Waals surface area contributed by atoms with Crippen molar-refractivity contribution in [2.24, 2.45) is 0 Å². The number of hydrogen-bond donors (Lipinski definition) is 2. The largest absolute Gasteiger partial charge is 0.454 e. The van der Waals surface area contributed by atoms with E-state index in [1.807, 2.05) is 19.1 Å². The first-order valence-electron chi connectivity index (χ1n) is 11.1. The highest BCUT2D eigenvalue weighted by Crippen LogP contribution is 2.36. The molecule has 8 nitrogen and oxygen atoms in total. The predicted octanol–water partition coefficient (Wildman–Crippen LogP) is 4.87. The molecule has 1 aliphatic rings. The van der Waals surface area contributed by atoms with Crippen LogP contribution in [0, 0.1) is 5.82 Å². The van der Waals surface area contributed by atoms with Crippen LogP contribution in [0.1, 0.15) is 35.7 Å². The minimum absolute atomic E-state index is 0.127. The predicted molar refractivity (Wildman–Crippen MR) is 130 cm³/mol. The molecule has 0 spiro atoms. The Morgan fingerprint density at radius 1 is 1.11 bits per heavy atom. The summed E-state index contributed by atoms with van der Waals surface area (Å²) in [6.45, 7) is 2.02. The average Bonchev–Trinajstić information content (AvgIpc) is 3.49. The molecule has 0 bridgehead atoms. The second-order valence-electron chi connectivity index (χ2n) is 8.16. The zero-order valence-electron chi connectivity index (χ0n) is 18.8. The smallest absolute Gasteiger partial charge is 0.232 e. The Morgan fingerprint density at radius 3 is 2.77 bits per heavy atom. The number of H-pyrrole nitrogens is 1. The fraction of sp³-hybridized carbons (Fsp3) is 0.200. The molecule has 35 heavy (non-hydrogen) atoms. The van der Waals surface area contributed by atoms with Crippen molar-refractivity contribution in [3.05, 3.63) is 71.8 Å². The minimum Gasteiger partial charge on any atom is -0.454 e. The van der Waals surface area contributed by atoms with E-state index >= 15 is 4.39 Å². The van der Waals surface area contributed by atoms with Crippen molar-refractivity contribution < 1.29 is 27.1 Å². The number of aromatic amines is 1. The number of fused-ring (bicyclic) bond motifs is 2. The highest BCUT2D eigenvalue weighted by molar-refractivity contribution is 7.92. The number of nitrogens with zero attached hydrogens (tertiary/aromatic N) is 1. The first-order chi connectivity index (χ1) is 16.9. The van der Waals surface area contributed by atoms with Crippen molar-refractivity contribution in [1.82, 2.24) is 9.97 Å². The molecule has 3 heterocycles. The maximum atomic E-state index is 15.2. The van der Waals surface area contributed by atoms with Crippen LogP contribution in [0.3, 0.4) is 0 Å². The number of carbonyl (C=O) groups is 1. The number of hydrogen-bond acceptors (Lipinski definition) is 6. The number of ketones is 1. The van der Waals surface area contributed by atoms with E-state index in [-0.39, 0.29) is 29.4 Å². The van der Waals surface area contributed by atoms with Gasteiger partial charge in [0.2, 0.25) is 16.8 Å². The van der Waals surface area contributed by atoms with Crippen molar-refractivity contribution in [3.8, 4) is 22.6 Å². The third kappa shape index (κ3) is 4.44. The molecule has 0 fully saturated rings. The molecule has 0 aliphatic carbocycles. The summed E-state index contributed by atoms with van der Waals surface area (Å²) in [6.07, 6.45) is 4.27. The van der Waals surface area contributed by atoms with E-state index in [1.54, 1.807) is 18.3 Å². The summed E-state index contributed by atoms with van der Waals surface area (Å²) in [6, 6.07) is 11.3. The molecule has 2 aromatic carbocycles. The molecule has 0 amide bonds. The Labute approximate surface area is 201 Å². The van der Waals surface area contributed by atoms with Gasteiger partial charge in [0, 0.05) is 28.9 Å². The lowest BCUT2D eigenvalue weighted by Crippen LogP contribution is -2.18. The van der Waals surface area contributed by atoms with Gasteiger partial charge in [-0.05, 0) is 42.3 Å². The Morgan fingerprint density at radius 2 is 1.94 bits per heavy atom. The van der Waals surface area contributed by atoms with E-state index in [0.717, 1.165) is 11.1 Å². The number of pyridine rings is 1. The fourth-order valence-corrected chi connectivity index (χ4v) is 5.17. The van der Waals surface area contributed by atoms with Crippen LogP contribution in [0.15, 0.2) is 54.9 Å². The molecule has 0 atom stereocenters. The first kappa shape index (κ1) is 22.9. The summed E-state index contributed by atoms with van der Waals surface area (Å²) in [4.78, 5) is 20.7. The normalized spacial score (nSPS) is 12.7. The van der Waals surface area contributed by atoms with Gasteiger partial charge in [-0.25, -0.2) is 17.8 Å². The maximum absolute atomic E-state index is 15.2. The SMILES string of the molecule is CCCCS(=O)(=O)Nc1cccc(C(=O)c2c[nH]c3ncc(-c4ccc5c(c4)OCO5)cc23)c1F. The number of rotatable bonds is 8. The summed E-state index contributed by atoms with van der Waals surface area (Å²) in [5.74, 6) is -0.369. The van der Waals surface area contributed by atoms with Crippen molar-refractivity contribution in [3.63, 3.8) is 0 Å². The van der Waals surface area contributed by atoms with Crippen molar-refractivity contribution in [1.29, 1.82) is 0 Å². The zero-order chi connectivity index (χ0) is 24.6. The summed E-state index contributed by atoms with van der Waals surface area (Å²) in [7, 11) is -3.73. The number of anilines is 1. The van der Waals surface area contributed by atoms with Crippen LogP contribution in [-0.2, 0) is 10.0 Å². The molecule has 180 valence electrons. The Bertz CT molecular complexity index is 1550. The Hall–Kier alpha value is -3.92. The van der Waals surface area contributed by atoms with E-state index in [1.165, 1.54) is 24.4 Å². The zero-order valence-corrected chi connectivity index (χ0v) is 19.6. The topological polar surface area (TPSA) is 110 Å². The number of carbonyl (C=O) groups excluding carboxylic acids is 1. The van der Waals surface area contributed by atoms with Gasteiger partial charge < -0.3 is 14.5 Å². The standard InChI is InChI=1S/C25H22FN3O5S/c1-2-3-9-35(31,32)29-20-6-4-5-17(23(20)26)24(30)19-13-28-25-18(19)10-16(12-27-25)15-7-8-21-22(11-15)34-14-33-21/h4-8,10-13,29H,2-3,9,14H2,1H3,(H,27,28). The van der Waals surface area contributed by atoms with Gasteiger partial charge in [-0.2, -0.15) is 0 Å². The van der Waals surface area contributed by atoms with E-state index in [2.05, 4.69) is 14.7 Å². The molecule has 1 aliphatic heterocycles. The van der Waals surface area contributed by atoms with Gasteiger partial charge >= 0.3 is 0 Å². The lowest BCUT2D eigenvalue weighted by molar-refractivity contribution is 0.103. The maximum Gasteiger partial charge on any atom is 0.232 e. The van der Waals surface area contributed by atoms with E-state index in [9.17, 15) is 13.2 Å². The molecule has 5 rings (SSSR count). The lowest BCUT2D eigenvalue weighted by Gasteiger charge is -2.11. The van der Waals surface area contributed by atoms with Crippen LogP contribution in [0.2, 0.25) is 0 Å². The van der Waals surface area contributed by atoms with E-state index in [4.69, 9.17) is 9.47 Å².